The van der Waals surface area contributed by atoms with Crippen LogP contribution in [0.3, 0.4) is 0 Å². The van der Waals surface area contributed by atoms with Crippen molar-refractivity contribution in [1.29, 1.82) is 5.26 Å². The number of ketones is 1. The number of ether oxygens (including phenoxy) is 1. The SMILES string of the molecule is Cc1ccc(Nc2c(C#N)c3c(c4nnc(SCC(=O)c5ccc(Cl)cc5)n24)COC(C)(C)C3)cc1. The molecule has 0 unspecified atom stereocenters. The molecule has 0 saturated carbocycles. The lowest BCUT2D eigenvalue weighted by atomic mass is 9.89. The molecule has 1 aliphatic heterocycles. The van der Waals surface area contributed by atoms with E-state index in [-0.39, 0.29) is 11.5 Å². The van der Waals surface area contributed by atoms with Gasteiger partial charge in [0.1, 0.15) is 11.9 Å². The monoisotopic (exact) mass is 517 g/mol. The van der Waals surface area contributed by atoms with Gasteiger partial charge in [-0.15, -0.1) is 10.2 Å². The Hall–Kier alpha value is -3.38. The molecule has 0 bridgehead atoms. The molecule has 0 spiro atoms. The van der Waals surface area contributed by atoms with Crippen LogP contribution in [0.15, 0.2) is 53.7 Å². The van der Waals surface area contributed by atoms with Crippen molar-refractivity contribution in [2.75, 3.05) is 11.1 Å². The molecular formula is C27H24ClN5O2S. The van der Waals surface area contributed by atoms with Crippen LogP contribution in [0.4, 0.5) is 11.5 Å². The summed E-state index contributed by atoms with van der Waals surface area (Å²) in [6, 6.07) is 17.2. The Bertz CT molecular complexity index is 1500. The lowest BCUT2D eigenvalue weighted by molar-refractivity contribution is -0.0397. The number of hydrogen-bond donors (Lipinski definition) is 1. The minimum absolute atomic E-state index is 0.0509. The second kappa shape index (κ2) is 9.58. The molecule has 0 fully saturated rings. The van der Waals surface area contributed by atoms with Gasteiger partial charge < -0.3 is 10.1 Å². The summed E-state index contributed by atoms with van der Waals surface area (Å²) >= 11 is 7.23. The highest BCUT2D eigenvalue weighted by Crippen LogP contribution is 2.38. The molecule has 9 heteroatoms. The number of nitrogens with one attached hydrogen (secondary N) is 1. The first-order valence-electron chi connectivity index (χ1n) is 11.5. The van der Waals surface area contributed by atoms with Crippen LogP contribution in [-0.2, 0) is 17.8 Å². The summed E-state index contributed by atoms with van der Waals surface area (Å²) in [5, 5.41) is 23.7. The van der Waals surface area contributed by atoms with Crippen LogP contribution >= 0.6 is 23.4 Å². The Morgan fingerprint density at radius 1 is 1.17 bits per heavy atom. The van der Waals surface area contributed by atoms with Gasteiger partial charge in [0.25, 0.3) is 0 Å². The molecule has 0 atom stereocenters. The molecule has 0 amide bonds. The van der Waals surface area contributed by atoms with Gasteiger partial charge in [-0.05, 0) is 62.7 Å². The second-order valence-electron chi connectivity index (χ2n) is 9.37. The summed E-state index contributed by atoms with van der Waals surface area (Å²) in [6.45, 7) is 6.39. The van der Waals surface area contributed by atoms with Crippen LogP contribution in [0.25, 0.3) is 5.65 Å². The van der Waals surface area contributed by atoms with Crippen LogP contribution in [-0.4, -0.2) is 31.7 Å². The molecule has 2 aromatic carbocycles. The van der Waals surface area contributed by atoms with Crippen molar-refractivity contribution in [3.63, 3.8) is 0 Å². The third-order valence-corrected chi connectivity index (χ3v) is 7.35. The van der Waals surface area contributed by atoms with Gasteiger partial charge in [-0.2, -0.15) is 5.26 Å². The van der Waals surface area contributed by atoms with Crippen LogP contribution in [0.5, 0.6) is 0 Å². The molecule has 7 nitrogen and oxygen atoms in total. The number of pyridine rings is 1. The largest absolute Gasteiger partial charge is 0.370 e. The summed E-state index contributed by atoms with van der Waals surface area (Å²) < 4.78 is 7.90. The topological polar surface area (TPSA) is 92.3 Å². The zero-order chi connectivity index (χ0) is 25.4. The summed E-state index contributed by atoms with van der Waals surface area (Å²) in [5.41, 5.74) is 5.06. The van der Waals surface area contributed by atoms with Gasteiger partial charge in [-0.25, -0.2) is 0 Å². The molecule has 5 rings (SSSR count). The van der Waals surface area contributed by atoms with Gasteiger partial charge >= 0.3 is 0 Å². The second-order valence-corrected chi connectivity index (χ2v) is 10.7. The minimum Gasteiger partial charge on any atom is -0.370 e. The van der Waals surface area contributed by atoms with E-state index in [4.69, 9.17) is 16.3 Å². The fourth-order valence-corrected chi connectivity index (χ4v) is 5.21. The Morgan fingerprint density at radius 2 is 1.89 bits per heavy atom. The lowest BCUT2D eigenvalue weighted by Gasteiger charge is -2.33. The average molecular weight is 518 g/mol. The average Bonchev–Trinajstić information content (AvgIpc) is 3.28. The Labute approximate surface area is 218 Å². The fourth-order valence-electron chi connectivity index (χ4n) is 4.25. The molecular weight excluding hydrogens is 494 g/mol. The number of nitrogens with zero attached hydrogens (tertiary/aromatic N) is 4. The van der Waals surface area contributed by atoms with Crippen molar-refractivity contribution in [3.05, 3.63) is 81.4 Å². The van der Waals surface area contributed by atoms with Crippen molar-refractivity contribution in [2.24, 2.45) is 0 Å². The number of anilines is 2. The van der Waals surface area contributed by atoms with E-state index in [1.165, 1.54) is 11.8 Å². The number of nitriles is 1. The quantitative estimate of drug-likeness (QED) is 0.243. The number of Topliss-reactive ketones (excluding diaryl/α,β-unsaturated/α-hetero) is 1. The van der Waals surface area contributed by atoms with Gasteiger partial charge in [0.15, 0.2) is 16.6 Å². The number of fused-ring (bicyclic) bond motifs is 3. The van der Waals surface area contributed by atoms with Crippen molar-refractivity contribution in [3.8, 4) is 6.07 Å². The van der Waals surface area contributed by atoms with Gasteiger partial charge in [0, 0.05) is 28.3 Å². The predicted molar refractivity (Wildman–Crippen MR) is 141 cm³/mol. The molecule has 0 saturated heterocycles. The van der Waals surface area contributed by atoms with Crippen molar-refractivity contribution < 1.29 is 9.53 Å². The fraction of sp³-hybridized carbons (Fsp3) is 0.259. The van der Waals surface area contributed by atoms with E-state index in [2.05, 4.69) is 21.6 Å². The van der Waals surface area contributed by atoms with Gasteiger partial charge in [0.2, 0.25) is 0 Å². The van der Waals surface area contributed by atoms with Crippen LogP contribution in [0.1, 0.15) is 46.5 Å². The van der Waals surface area contributed by atoms with Gasteiger partial charge in [0.05, 0.1) is 23.5 Å². The summed E-state index contributed by atoms with van der Waals surface area (Å²) in [7, 11) is 0. The third kappa shape index (κ3) is 4.70. The maximum Gasteiger partial charge on any atom is 0.197 e. The van der Waals surface area contributed by atoms with E-state index in [1.807, 2.05) is 49.4 Å². The normalized spacial score (nSPS) is 14.3. The number of aryl methyl sites for hydroxylation is 1. The minimum atomic E-state index is -0.402. The maximum atomic E-state index is 12.8. The van der Waals surface area contributed by atoms with Crippen LogP contribution in [0.2, 0.25) is 5.02 Å². The number of carbonyl (C=O) groups excluding carboxylic acids is 1. The third-order valence-electron chi connectivity index (χ3n) is 6.16. The number of halogens is 1. The zero-order valence-electron chi connectivity index (χ0n) is 20.1. The number of benzene rings is 2. The van der Waals surface area contributed by atoms with Gasteiger partial charge in [-0.1, -0.05) is 41.1 Å². The van der Waals surface area contributed by atoms with E-state index in [1.54, 1.807) is 24.3 Å². The van der Waals surface area contributed by atoms with E-state index in [9.17, 15) is 10.1 Å². The number of aromatic nitrogens is 3. The molecule has 1 aliphatic rings. The number of hydrogen-bond acceptors (Lipinski definition) is 7. The Balaban J connectivity index is 1.60. The van der Waals surface area contributed by atoms with Gasteiger partial charge in [-0.3, -0.25) is 9.20 Å². The maximum absolute atomic E-state index is 12.8. The molecule has 182 valence electrons. The molecule has 3 heterocycles. The first-order valence-corrected chi connectivity index (χ1v) is 12.8. The summed E-state index contributed by atoms with van der Waals surface area (Å²) in [5.74, 6) is 0.693. The highest BCUT2D eigenvalue weighted by Gasteiger charge is 2.33. The predicted octanol–water partition coefficient (Wildman–Crippen LogP) is 6.13. The number of carbonyl (C=O) groups is 1. The smallest absolute Gasteiger partial charge is 0.197 e. The highest BCUT2D eigenvalue weighted by atomic mass is 35.5. The first-order chi connectivity index (χ1) is 17.3. The van der Waals surface area contributed by atoms with Crippen molar-refractivity contribution in [2.45, 2.75) is 44.6 Å². The Kier molecular flexibility index (Phi) is 6.47. The van der Waals surface area contributed by atoms with E-state index in [0.717, 1.165) is 22.4 Å². The molecule has 1 N–H and O–H groups in total. The van der Waals surface area contributed by atoms with E-state index < -0.39 is 5.60 Å². The molecule has 4 aromatic rings. The van der Waals surface area contributed by atoms with Crippen molar-refractivity contribution in [1.82, 2.24) is 14.6 Å². The highest BCUT2D eigenvalue weighted by molar-refractivity contribution is 7.99. The first kappa shape index (κ1) is 24.3. The molecule has 36 heavy (non-hydrogen) atoms. The van der Waals surface area contributed by atoms with Crippen LogP contribution in [0, 0.1) is 18.3 Å². The lowest BCUT2D eigenvalue weighted by Crippen LogP contribution is -2.33. The summed E-state index contributed by atoms with van der Waals surface area (Å²) in [6.07, 6.45) is 0.578. The molecule has 2 aromatic heterocycles. The summed E-state index contributed by atoms with van der Waals surface area (Å²) in [4.78, 5) is 12.8. The van der Waals surface area contributed by atoms with E-state index in [0.29, 0.717) is 45.8 Å². The standard InChI is InChI=1S/C27H24ClN5O2S/c1-16-4-10-19(11-5-16)30-24-21(13-29)20-12-27(2,3)35-14-22(20)25-31-32-26(33(24)25)36-15-23(34)17-6-8-18(28)9-7-17/h4-11,30H,12,14-15H2,1-3H3. The zero-order valence-corrected chi connectivity index (χ0v) is 21.7. The van der Waals surface area contributed by atoms with Crippen molar-refractivity contribution >= 4 is 46.3 Å². The number of rotatable bonds is 6. The Morgan fingerprint density at radius 3 is 2.58 bits per heavy atom. The molecule has 0 radical (unpaired) electrons. The molecule has 0 aliphatic carbocycles. The van der Waals surface area contributed by atoms with Crippen LogP contribution < -0.4 is 5.32 Å². The number of thioether (sulfide) groups is 1. The van der Waals surface area contributed by atoms with E-state index >= 15 is 0 Å².